The third-order valence-corrected chi connectivity index (χ3v) is 5.68. The molecule has 0 saturated carbocycles. The van der Waals surface area contributed by atoms with Gasteiger partial charge in [0.05, 0.1) is 15.9 Å². The normalized spacial score (nSPS) is 11.8. The molecular formula is C18H18FN3O4S. The van der Waals surface area contributed by atoms with Crippen molar-refractivity contribution in [3.8, 4) is 0 Å². The number of nitrogens with one attached hydrogen (secondary N) is 2. The molecule has 0 amide bonds. The van der Waals surface area contributed by atoms with Gasteiger partial charge in [-0.25, -0.2) is 17.5 Å². The molecule has 27 heavy (non-hydrogen) atoms. The monoisotopic (exact) mass is 391 g/mol. The number of sulfonamides is 1. The minimum absolute atomic E-state index is 0.0723. The van der Waals surface area contributed by atoms with E-state index in [1.165, 1.54) is 18.2 Å². The predicted octanol–water partition coefficient (Wildman–Crippen LogP) is 1.37. The molecule has 142 valence electrons. The summed E-state index contributed by atoms with van der Waals surface area (Å²) in [7, 11) is -3.75. The summed E-state index contributed by atoms with van der Waals surface area (Å²) in [5.41, 5.74) is -0.237. The topological polar surface area (TPSA) is 101 Å². The highest BCUT2D eigenvalue weighted by Gasteiger charge is 2.14. The first-order chi connectivity index (χ1) is 12.8. The number of fused-ring (bicyclic) bond motifs is 1. The Morgan fingerprint density at radius 2 is 1.81 bits per heavy atom. The Hall–Kier alpha value is -2.78. The van der Waals surface area contributed by atoms with Crippen LogP contribution in [0.5, 0.6) is 0 Å². The lowest BCUT2D eigenvalue weighted by atomic mass is 10.2. The van der Waals surface area contributed by atoms with Crippen LogP contribution in [0.2, 0.25) is 0 Å². The molecule has 0 aliphatic heterocycles. The van der Waals surface area contributed by atoms with Crippen LogP contribution < -0.4 is 15.8 Å². The summed E-state index contributed by atoms with van der Waals surface area (Å²) < 4.78 is 41.6. The molecule has 1 aromatic heterocycles. The zero-order valence-corrected chi connectivity index (χ0v) is 15.3. The van der Waals surface area contributed by atoms with Gasteiger partial charge in [-0.3, -0.25) is 9.59 Å². The number of aromatic amines is 1. The largest absolute Gasteiger partial charge is 0.316 e. The molecule has 3 rings (SSSR count). The number of aryl methyl sites for hydroxylation is 1. The number of rotatable bonds is 6. The number of H-pyrrole nitrogens is 1. The maximum Gasteiger partial charge on any atom is 0.316 e. The Bertz CT molecular complexity index is 1200. The van der Waals surface area contributed by atoms with Gasteiger partial charge in [0, 0.05) is 13.1 Å². The molecule has 9 heteroatoms. The van der Waals surface area contributed by atoms with Gasteiger partial charge in [-0.15, -0.1) is 0 Å². The van der Waals surface area contributed by atoms with Crippen molar-refractivity contribution in [2.24, 2.45) is 0 Å². The molecular weight excluding hydrogens is 373 g/mol. The summed E-state index contributed by atoms with van der Waals surface area (Å²) in [5.74, 6) is -0.556. The first kappa shape index (κ1) is 19.0. The molecule has 0 aliphatic rings. The van der Waals surface area contributed by atoms with Gasteiger partial charge in [0.1, 0.15) is 5.82 Å². The molecule has 0 aliphatic carbocycles. The van der Waals surface area contributed by atoms with Crippen LogP contribution in [0, 0.1) is 5.82 Å². The molecule has 0 fully saturated rings. The lowest BCUT2D eigenvalue weighted by molar-refractivity contribution is 0.572. The van der Waals surface area contributed by atoms with Gasteiger partial charge in [-0.2, -0.15) is 0 Å². The summed E-state index contributed by atoms with van der Waals surface area (Å²) >= 11 is 0. The highest BCUT2D eigenvalue weighted by molar-refractivity contribution is 7.89. The SMILES string of the molecule is CCc1ccc(S(=O)(=O)NCCn2c(=O)c(=O)[nH]c3cc(F)ccc32)cc1. The standard InChI is InChI=1S/C18H18FN3O4S/c1-2-12-3-6-14(7-4-12)27(25,26)20-9-10-22-16-8-5-13(19)11-15(16)21-17(23)18(22)24/h3-8,11,20H,2,9-10H2,1H3,(H,21,23). The van der Waals surface area contributed by atoms with Gasteiger partial charge >= 0.3 is 11.1 Å². The lowest BCUT2D eigenvalue weighted by Crippen LogP contribution is -2.39. The molecule has 0 atom stereocenters. The second-order valence-electron chi connectivity index (χ2n) is 5.97. The van der Waals surface area contributed by atoms with E-state index in [0.29, 0.717) is 5.52 Å². The van der Waals surface area contributed by atoms with Crippen LogP contribution >= 0.6 is 0 Å². The average molecular weight is 391 g/mol. The second kappa shape index (κ2) is 7.45. The molecule has 1 heterocycles. The average Bonchev–Trinajstić information content (AvgIpc) is 2.64. The van der Waals surface area contributed by atoms with E-state index < -0.39 is 27.0 Å². The Kier molecular flexibility index (Phi) is 5.24. The van der Waals surface area contributed by atoms with Crippen LogP contribution in [0.3, 0.4) is 0 Å². The Labute approximate surface area is 154 Å². The van der Waals surface area contributed by atoms with Crippen molar-refractivity contribution in [2.45, 2.75) is 24.8 Å². The fraction of sp³-hybridized carbons (Fsp3) is 0.222. The number of nitrogens with zero attached hydrogens (tertiary/aromatic N) is 1. The van der Waals surface area contributed by atoms with Crippen molar-refractivity contribution < 1.29 is 12.8 Å². The zero-order valence-electron chi connectivity index (χ0n) is 14.5. The highest BCUT2D eigenvalue weighted by atomic mass is 32.2. The minimum atomic E-state index is -3.75. The summed E-state index contributed by atoms with van der Waals surface area (Å²) in [6.45, 7) is 1.79. The van der Waals surface area contributed by atoms with E-state index in [2.05, 4.69) is 9.71 Å². The zero-order chi connectivity index (χ0) is 19.6. The van der Waals surface area contributed by atoms with E-state index in [-0.39, 0.29) is 23.5 Å². The van der Waals surface area contributed by atoms with Crippen molar-refractivity contribution in [3.05, 3.63) is 74.6 Å². The third kappa shape index (κ3) is 3.99. The third-order valence-electron chi connectivity index (χ3n) is 4.21. The molecule has 0 radical (unpaired) electrons. The van der Waals surface area contributed by atoms with Crippen LogP contribution in [-0.4, -0.2) is 24.5 Å². The lowest BCUT2D eigenvalue weighted by Gasteiger charge is -2.11. The van der Waals surface area contributed by atoms with E-state index >= 15 is 0 Å². The molecule has 0 saturated heterocycles. The van der Waals surface area contributed by atoms with Gasteiger partial charge in [0.2, 0.25) is 10.0 Å². The highest BCUT2D eigenvalue weighted by Crippen LogP contribution is 2.12. The number of aromatic nitrogens is 2. The summed E-state index contributed by atoms with van der Waals surface area (Å²) in [6.07, 6.45) is 0.799. The fourth-order valence-electron chi connectivity index (χ4n) is 2.75. The maximum absolute atomic E-state index is 13.3. The van der Waals surface area contributed by atoms with Crippen molar-refractivity contribution in [1.82, 2.24) is 14.3 Å². The number of benzene rings is 2. The molecule has 2 aromatic carbocycles. The quantitative estimate of drug-likeness (QED) is 0.620. The van der Waals surface area contributed by atoms with E-state index in [4.69, 9.17) is 0 Å². The summed E-state index contributed by atoms with van der Waals surface area (Å²) in [5, 5.41) is 0. The minimum Gasteiger partial charge on any atom is -0.316 e. The van der Waals surface area contributed by atoms with E-state index in [0.717, 1.165) is 28.7 Å². The molecule has 3 aromatic rings. The Morgan fingerprint density at radius 3 is 2.48 bits per heavy atom. The molecule has 2 N–H and O–H groups in total. The number of hydrogen-bond acceptors (Lipinski definition) is 4. The Morgan fingerprint density at radius 1 is 1.11 bits per heavy atom. The fourth-order valence-corrected chi connectivity index (χ4v) is 3.77. The second-order valence-corrected chi connectivity index (χ2v) is 7.73. The van der Waals surface area contributed by atoms with E-state index in [1.807, 2.05) is 6.92 Å². The van der Waals surface area contributed by atoms with Crippen LogP contribution in [0.25, 0.3) is 11.0 Å². The van der Waals surface area contributed by atoms with Gasteiger partial charge < -0.3 is 9.55 Å². The van der Waals surface area contributed by atoms with Gasteiger partial charge in [0.25, 0.3) is 0 Å². The smallest absolute Gasteiger partial charge is 0.316 e. The van der Waals surface area contributed by atoms with Crippen LogP contribution in [0.4, 0.5) is 4.39 Å². The van der Waals surface area contributed by atoms with E-state index in [9.17, 15) is 22.4 Å². The number of hydrogen-bond donors (Lipinski definition) is 2. The van der Waals surface area contributed by atoms with Crippen LogP contribution in [0.1, 0.15) is 12.5 Å². The molecule has 0 spiro atoms. The Balaban J connectivity index is 1.83. The molecule has 7 nitrogen and oxygen atoms in total. The van der Waals surface area contributed by atoms with Gasteiger partial charge in [-0.05, 0) is 42.3 Å². The first-order valence-corrected chi connectivity index (χ1v) is 9.81. The van der Waals surface area contributed by atoms with Crippen molar-refractivity contribution >= 4 is 21.1 Å². The van der Waals surface area contributed by atoms with Crippen LogP contribution in [-0.2, 0) is 23.0 Å². The van der Waals surface area contributed by atoms with Crippen molar-refractivity contribution in [1.29, 1.82) is 0 Å². The first-order valence-electron chi connectivity index (χ1n) is 8.33. The van der Waals surface area contributed by atoms with Crippen molar-refractivity contribution in [3.63, 3.8) is 0 Å². The van der Waals surface area contributed by atoms with Crippen LogP contribution in [0.15, 0.2) is 56.9 Å². The van der Waals surface area contributed by atoms with Gasteiger partial charge in [0.15, 0.2) is 0 Å². The van der Waals surface area contributed by atoms with Gasteiger partial charge in [-0.1, -0.05) is 19.1 Å². The molecule has 0 unspecified atom stereocenters. The number of halogens is 1. The summed E-state index contributed by atoms with van der Waals surface area (Å²) in [4.78, 5) is 26.3. The van der Waals surface area contributed by atoms with E-state index in [1.54, 1.807) is 12.1 Å². The molecule has 0 bridgehead atoms. The maximum atomic E-state index is 13.3. The predicted molar refractivity (Wildman–Crippen MR) is 99.8 cm³/mol. The van der Waals surface area contributed by atoms with Crippen molar-refractivity contribution in [2.75, 3.05) is 6.54 Å². The summed E-state index contributed by atoms with van der Waals surface area (Å²) in [6, 6.07) is 10.1.